The molecule has 6 nitrogen and oxygen atoms in total. The number of amides is 1. The number of rotatable bonds is 6. The van der Waals surface area contributed by atoms with E-state index in [0.29, 0.717) is 11.3 Å². The molecule has 0 aliphatic carbocycles. The first-order chi connectivity index (χ1) is 13.9. The second kappa shape index (κ2) is 8.70. The molecule has 1 heterocycles. The Kier molecular flexibility index (Phi) is 6.09. The average Bonchev–Trinajstić information content (AvgIpc) is 2.73. The molecule has 148 valence electrons. The molecule has 0 aliphatic rings. The van der Waals surface area contributed by atoms with Crippen molar-refractivity contribution in [1.82, 2.24) is 4.98 Å². The second-order valence-electron chi connectivity index (χ2n) is 6.14. The predicted molar refractivity (Wildman–Crippen MR) is 113 cm³/mol. The van der Waals surface area contributed by atoms with E-state index >= 15 is 0 Å². The van der Waals surface area contributed by atoms with Crippen molar-refractivity contribution in [3.05, 3.63) is 84.2 Å². The summed E-state index contributed by atoms with van der Waals surface area (Å²) in [5.74, 6) is -0.0791. The standard InChI is InChI=1S/C22H20N2O4S/c1-17(25)24(29(26,27)21-11-9-20(28-2)10-12-21)22-6-4-3-5-19(22)8-7-18-13-15-23-16-14-18/h3-16H,1-2H3/b8-7-. The lowest BCUT2D eigenvalue weighted by Crippen LogP contribution is -2.35. The van der Waals surface area contributed by atoms with Crippen molar-refractivity contribution in [3.8, 4) is 5.75 Å². The van der Waals surface area contributed by atoms with Gasteiger partial charge in [-0.3, -0.25) is 9.78 Å². The lowest BCUT2D eigenvalue weighted by atomic mass is 10.1. The highest BCUT2D eigenvalue weighted by Gasteiger charge is 2.29. The van der Waals surface area contributed by atoms with Crippen molar-refractivity contribution in [3.63, 3.8) is 0 Å². The Morgan fingerprint density at radius 2 is 1.62 bits per heavy atom. The van der Waals surface area contributed by atoms with Crippen LogP contribution in [0.25, 0.3) is 12.2 Å². The number of benzene rings is 2. The van der Waals surface area contributed by atoms with Gasteiger partial charge in [-0.2, -0.15) is 0 Å². The Labute approximate surface area is 170 Å². The van der Waals surface area contributed by atoms with Crippen LogP contribution in [-0.2, 0) is 14.8 Å². The zero-order chi connectivity index (χ0) is 20.9. The zero-order valence-corrected chi connectivity index (χ0v) is 16.8. The Hall–Kier alpha value is -3.45. The molecule has 0 N–H and O–H groups in total. The van der Waals surface area contributed by atoms with E-state index in [1.54, 1.807) is 54.9 Å². The summed E-state index contributed by atoms with van der Waals surface area (Å²) in [5.41, 5.74) is 1.78. The minimum atomic E-state index is -4.10. The first kappa shape index (κ1) is 20.3. The molecule has 0 saturated heterocycles. The smallest absolute Gasteiger partial charge is 0.270 e. The van der Waals surface area contributed by atoms with Gasteiger partial charge in [-0.25, -0.2) is 12.7 Å². The first-order valence-corrected chi connectivity index (χ1v) is 10.2. The number of anilines is 1. The number of carbonyl (C=O) groups is 1. The van der Waals surface area contributed by atoms with Gasteiger partial charge in [0.25, 0.3) is 10.0 Å². The molecule has 1 aromatic heterocycles. The maximum Gasteiger partial charge on any atom is 0.270 e. The van der Waals surface area contributed by atoms with Gasteiger partial charge in [-0.1, -0.05) is 30.4 Å². The van der Waals surface area contributed by atoms with E-state index in [9.17, 15) is 13.2 Å². The molecule has 29 heavy (non-hydrogen) atoms. The van der Waals surface area contributed by atoms with Crippen LogP contribution in [-0.4, -0.2) is 26.4 Å². The second-order valence-corrected chi connectivity index (χ2v) is 7.92. The van der Waals surface area contributed by atoms with Crippen LogP contribution in [0.1, 0.15) is 18.1 Å². The van der Waals surface area contributed by atoms with Gasteiger partial charge in [-0.05, 0) is 53.6 Å². The summed E-state index contributed by atoms with van der Waals surface area (Å²) >= 11 is 0. The molecular formula is C22H20N2O4S. The zero-order valence-electron chi connectivity index (χ0n) is 16.0. The number of nitrogens with zero attached hydrogens (tertiary/aromatic N) is 2. The van der Waals surface area contributed by atoms with E-state index in [1.807, 2.05) is 18.2 Å². The van der Waals surface area contributed by atoms with Crippen LogP contribution in [0.5, 0.6) is 5.75 Å². The number of sulfonamides is 1. The summed E-state index contributed by atoms with van der Waals surface area (Å²) in [6.45, 7) is 1.23. The Bertz CT molecular complexity index is 1120. The lowest BCUT2D eigenvalue weighted by Gasteiger charge is -2.23. The van der Waals surface area contributed by atoms with Crippen LogP contribution in [0.4, 0.5) is 5.69 Å². The number of pyridine rings is 1. The van der Waals surface area contributed by atoms with Gasteiger partial charge in [0.15, 0.2) is 0 Å². The fraction of sp³-hybridized carbons (Fsp3) is 0.0909. The summed E-state index contributed by atoms with van der Waals surface area (Å²) in [4.78, 5) is 16.4. The number of hydrogen-bond donors (Lipinski definition) is 0. The van der Waals surface area contributed by atoms with Gasteiger partial charge in [0, 0.05) is 19.3 Å². The quantitative estimate of drug-likeness (QED) is 0.616. The van der Waals surface area contributed by atoms with E-state index in [1.165, 1.54) is 26.2 Å². The van der Waals surface area contributed by atoms with E-state index in [-0.39, 0.29) is 10.6 Å². The molecule has 3 rings (SSSR count). The van der Waals surface area contributed by atoms with Crippen LogP contribution in [0.15, 0.2) is 78.0 Å². The maximum atomic E-state index is 13.2. The maximum absolute atomic E-state index is 13.2. The topological polar surface area (TPSA) is 76.6 Å². The molecule has 0 aliphatic heterocycles. The number of ether oxygens (including phenoxy) is 1. The third-order valence-electron chi connectivity index (χ3n) is 4.20. The fourth-order valence-electron chi connectivity index (χ4n) is 2.80. The molecule has 3 aromatic rings. The summed E-state index contributed by atoms with van der Waals surface area (Å²) in [6, 6.07) is 16.4. The Morgan fingerprint density at radius 3 is 2.24 bits per heavy atom. The monoisotopic (exact) mass is 408 g/mol. The molecule has 2 aromatic carbocycles. The average molecular weight is 408 g/mol. The minimum absolute atomic E-state index is 0.00131. The van der Waals surface area contributed by atoms with Gasteiger partial charge < -0.3 is 4.74 Å². The van der Waals surface area contributed by atoms with Crippen LogP contribution < -0.4 is 9.04 Å². The van der Waals surface area contributed by atoms with Crippen molar-refractivity contribution in [1.29, 1.82) is 0 Å². The normalized spacial score (nSPS) is 11.4. The Balaban J connectivity index is 2.06. The molecule has 0 bridgehead atoms. The third kappa shape index (κ3) is 4.52. The van der Waals surface area contributed by atoms with Crippen molar-refractivity contribution < 1.29 is 17.9 Å². The molecule has 0 atom stereocenters. The SMILES string of the molecule is COc1ccc(S(=O)(=O)N(C(C)=O)c2ccccc2/C=C\c2ccncc2)cc1. The number of carbonyl (C=O) groups excluding carboxylic acids is 1. The van der Waals surface area contributed by atoms with Crippen molar-refractivity contribution in [2.24, 2.45) is 0 Å². The Morgan fingerprint density at radius 1 is 0.966 bits per heavy atom. The van der Waals surface area contributed by atoms with Crippen LogP contribution >= 0.6 is 0 Å². The van der Waals surface area contributed by atoms with Gasteiger partial charge in [-0.15, -0.1) is 0 Å². The predicted octanol–water partition coefficient (Wildman–Crippen LogP) is 4.00. The van der Waals surface area contributed by atoms with E-state index in [4.69, 9.17) is 4.74 Å². The highest BCUT2D eigenvalue weighted by atomic mass is 32.2. The molecule has 0 unspecified atom stereocenters. The van der Waals surface area contributed by atoms with E-state index < -0.39 is 15.9 Å². The molecule has 0 spiro atoms. The van der Waals surface area contributed by atoms with E-state index in [2.05, 4.69) is 4.98 Å². The van der Waals surface area contributed by atoms with Gasteiger partial charge in [0.05, 0.1) is 17.7 Å². The van der Waals surface area contributed by atoms with Gasteiger partial charge >= 0.3 is 0 Å². The summed E-state index contributed by atoms with van der Waals surface area (Å²) in [5, 5.41) is 0. The number of aromatic nitrogens is 1. The van der Waals surface area contributed by atoms with Crippen molar-refractivity contribution >= 4 is 33.8 Å². The molecule has 0 fully saturated rings. The number of para-hydroxylation sites is 1. The molecule has 1 amide bonds. The number of methoxy groups -OCH3 is 1. The summed E-state index contributed by atoms with van der Waals surface area (Å²) in [7, 11) is -2.60. The van der Waals surface area contributed by atoms with Crippen molar-refractivity contribution in [2.75, 3.05) is 11.4 Å². The van der Waals surface area contributed by atoms with Gasteiger partial charge in [0.1, 0.15) is 5.75 Å². The van der Waals surface area contributed by atoms with Crippen LogP contribution in [0, 0.1) is 0 Å². The van der Waals surface area contributed by atoms with Crippen LogP contribution in [0.3, 0.4) is 0 Å². The highest BCUT2D eigenvalue weighted by Crippen LogP contribution is 2.29. The summed E-state index contributed by atoms with van der Waals surface area (Å²) < 4.78 is 32.4. The number of hydrogen-bond acceptors (Lipinski definition) is 5. The summed E-state index contributed by atoms with van der Waals surface area (Å²) in [6.07, 6.45) is 6.94. The largest absolute Gasteiger partial charge is 0.497 e. The third-order valence-corrected chi connectivity index (χ3v) is 6.00. The van der Waals surface area contributed by atoms with Crippen molar-refractivity contribution in [2.45, 2.75) is 11.8 Å². The van der Waals surface area contributed by atoms with E-state index in [0.717, 1.165) is 9.87 Å². The van der Waals surface area contributed by atoms with Crippen LogP contribution in [0.2, 0.25) is 0 Å². The first-order valence-electron chi connectivity index (χ1n) is 8.80. The molecular weight excluding hydrogens is 388 g/mol. The minimum Gasteiger partial charge on any atom is -0.497 e. The fourth-order valence-corrected chi connectivity index (χ4v) is 4.25. The molecule has 0 saturated carbocycles. The molecule has 7 heteroatoms. The molecule has 0 radical (unpaired) electrons. The highest BCUT2D eigenvalue weighted by molar-refractivity contribution is 7.93. The lowest BCUT2D eigenvalue weighted by molar-refractivity contribution is -0.115. The van der Waals surface area contributed by atoms with Gasteiger partial charge in [0.2, 0.25) is 5.91 Å².